The van der Waals surface area contributed by atoms with E-state index in [0.717, 1.165) is 14.6 Å². The molecule has 4 nitrogen and oxygen atoms in total. The van der Waals surface area contributed by atoms with Gasteiger partial charge in [-0.25, -0.2) is 0 Å². The molecule has 0 bridgehead atoms. The molecule has 19 heavy (non-hydrogen) atoms. The molecule has 0 atom stereocenters. The highest BCUT2D eigenvalue weighted by atomic mass is 79.9. The monoisotopic (exact) mass is 341 g/mol. The molecule has 1 heterocycles. The van der Waals surface area contributed by atoms with Crippen molar-refractivity contribution in [3.05, 3.63) is 22.7 Å². The molecule has 1 aromatic carbocycles. The van der Waals surface area contributed by atoms with Crippen LogP contribution in [0.3, 0.4) is 0 Å². The number of rotatable bonds is 3. The maximum atomic E-state index is 11.5. The van der Waals surface area contributed by atoms with Gasteiger partial charge in [-0.3, -0.25) is 9.59 Å². The lowest BCUT2D eigenvalue weighted by Gasteiger charge is -2.05. The summed E-state index contributed by atoms with van der Waals surface area (Å²) in [5.74, 6) is -0.0943. The van der Waals surface area contributed by atoms with Crippen LogP contribution in [0.1, 0.15) is 20.3 Å². The molecule has 0 fully saturated rings. The topological polar surface area (TPSA) is 55.4 Å². The molecule has 0 saturated heterocycles. The van der Waals surface area contributed by atoms with Crippen LogP contribution in [0.15, 0.2) is 22.7 Å². The van der Waals surface area contributed by atoms with E-state index < -0.39 is 0 Å². The smallest absolute Gasteiger partial charge is 0.311 e. The number of esters is 1. The molecule has 0 aliphatic heterocycles. The van der Waals surface area contributed by atoms with Gasteiger partial charge in [0.15, 0.2) is 5.75 Å². The second kappa shape index (κ2) is 5.71. The highest BCUT2D eigenvalue weighted by Crippen LogP contribution is 2.43. The third-order valence-corrected chi connectivity index (χ3v) is 3.94. The zero-order valence-corrected chi connectivity index (χ0v) is 12.9. The fraction of sp³-hybridized carbons (Fsp3) is 0.231. The van der Waals surface area contributed by atoms with Gasteiger partial charge in [-0.15, -0.1) is 11.3 Å². The Balaban J connectivity index is 2.54. The van der Waals surface area contributed by atoms with Crippen molar-refractivity contribution in [3.63, 3.8) is 0 Å². The first-order valence-corrected chi connectivity index (χ1v) is 7.32. The van der Waals surface area contributed by atoms with Gasteiger partial charge < -0.3 is 10.1 Å². The predicted octanol–water partition coefficient (Wildman–Crippen LogP) is 3.94. The largest absolute Gasteiger partial charge is 0.423 e. The molecule has 0 radical (unpaired) electrons. The van der Waals surface area contributed by atoms with Crippen LogP contribution in [0, 0.1) is 0 Å². The number of hydrogen-bond donors (Lipinski definition) is 1. The van der Waals surface area contributed by atoms with Gasteiger partial charge >= 0.3 is 5.97 Å². The van der Waals surface area contributed by atoms with Gasteiger partial charge in [-0.2, -0.15) is 0 Å². The fourth-order valence-corrected chi connectivity index (χ4v) is 3.20. The van der Waals surface area contributed by atoms with E-state index >= 15 is 0 Å². The van der Waals surface area contributed by atoms with Gasteiger partial charge in [0.2, 0.25) is 5.91 Å². The number of benzene rings is 1. The minimum Gasteiger partial charge on any atom is -0.423 e. The lowest BCUT2D eigenvalue weighted by atomic mass is 10.2. The van der Waals surface area contributed by atoms with Crippen LogP contribution in [0.4, 0.5) is 5.00 Å². The molecule has 1 aromatic heterocycles. The lowest BCUT2D eigenvalue weighted by Crippen LogP contribution is -2.09. The van der Waals surface area contributed by atoms with E-state index in [1.807, 2.05) is 18.2 Å². The number of ether oxygens (including phenoxy) is 1. The predicted molar refractivity (Wildman–Crippen MR) is 79.8 cm³/mol. The van der Waals surface area contributed by atoms with Crippen LogP contribution in [0.25, 0.3) is 10.1 Å². The van der Waals surface area contributed by atoms with E-state index in [9.17, 15) is 9.59 Å². The number of fused-ring (bicyclic) bond motifs is 1. The Morgan fingerprint density at radius 3 is 2.79 bits per heavy atom. The van der Waals surface area contributed by atoms with Crippen LogP contribution in [0.5, 0.6) is 5.75 Å². The van der Waals surface area contributed by atoms with Gasteiger partial charge in [0.25, 0.3) is 0 Å². The van der Waals surface area contributed by atoms with E-state index in [0.29, 0.717) is 10.8 Å². The lowest BCUT2D eigenvalue weighted by molar-refractivity contribution is -0.133. The van der Waals surface area contributed by atoms with E-state index in [-0.39, 0.29) is 18.3 Å². The maximum Gasteiger partial charge on any atom is 0.311 e. The number of carbonyl (C=O) groups excluding carboxylic acids is 2. The van der Waals surface area contributed by atoms with Gasteiger partial charge in [-0.1, -0.05) is 22.9 Å². The Kier molecular flexibility index (Phi) is 4.21. The third-order valence-electron chi connectivity index (χ3n) is 2.40. The molecule has 0 saturated carbocycles. The molecule has 100 valence electrons. The summed E-state index contributed by atoms with van der Waals surface area (Å²) in [6.07, 6.45) is 0.285. The summed E-state index contributed by atoms with van der Waals surface area (Å²) in [6, 6.07) is 5.66. The third kappa shape index (κ3) is 3.13. The number of amides is 1. The first-order valence-electron chi connectivity index (χ1n) is 5.71. The fourth-order valence-electron chi connectivity index (χ4n) is 1.58. The maximum absolute atomic E-state index is 11.5. The quantitative estimate of drug-likeness (QED) is 0.860. The first kappa shape index (κ1) is 14.0. The Bertz CT molecular complexity index is 651. The highest BCUT2D eigenvalue weighted by Gasteiger charge is 2.17. The zero-order valence-electron chi connectivity index (χ0n) is 10.5. The Labute approximate surface area is 122 Å². The average molecular weight is 342 g/mol. The Morgan fingerprint density at radius 1 is 1.42 bits per heavy atom. The van der Waals surface area contributed by atoms with Crippen LogP contribution in [0.2, 0.25) is 0 Å². The number of hydrogen-bond acceptors (Lipinski definition) is 4. The summed E-state index contributed by atoms with van der Waals surface area (Å²) in [4.78, 5) is 22.7. The Hall–Kier alpha value is -1.40. The summed E-state index contributed by atoms with van der Waals surface area (Å²) >= 11 is 4.77. The molecule has 6 heteroatoms. The van der Waals surface area contributed by atoms with Crippen LogP contribution in [-0.2, 0) is 9.59 Å². The van der Waals surface area contributed by atoms with Gasteiger partial charge in [0, 0.05) is 27.9 Å². The van der Waals surface area contributed by atoms with Crippen molar-refractivity contribution >= 4 is 54.2 Å². The van der Waals surface area contributed by atoms with E-state index in [2.05, 4.69) is 21.2 Å². The van der Waals surface area contributed by atoms with Crippen molar-refractivity contribution in [3.8, 4) is 5.75 Å². The van der Waals surface area contributed by atoms with Crippen molar-refractivity contribution in [2.24, 2.45) is 0 Å². The number of thiophene rings is 1. The summed E-state index contributed by atoms with van der Waals surface area (Å²) in [7, 11) is 0. The van der Waals surface area contributed by atoms with E-state index in [4.69, 9.17) is 4.74 Å². The SMILES string of the molecule is CCC(=O)Oc1c(NC(C)=O)sc2cc(Br)ccc12. The number of anilines is 1. The summed E-state index contributed by atoms with van der Waals surface area (Å²) < 4.78 is 7.21. The summed E-state index contributed by atoms with van der Waals surface area (Å²) in [5, 5.41) is 4.07. The summed E-state index contributed by atoms with van der Waals surface area (Å²) in [5.41, 5.74) is 0. The average Bonchev–Trinajstić information content (AvgIpc) is 2.65. The van der Waals surface area contributed by atoms with Crippen molar-refractivity contribution in [2.75, 3.05) is 5.32 Å². The minimum absolute atomic E-state index is 0.195. The van der Waals surface area contributed by atoms with E-state index in [1.54, 1.807) is 6.92 Å². The standard InChI is InChI=1S/C13H12BrNO3S/c1-3-11(17)18-12-9-5-4-8(14)6-10(9)19-13(12)15-7(2)16/h4-6H,3H2,1-2H3,(H,15,16). The second-order valence-electron chi connectivity index (χ2n) is 3.91. The molecule has 1 amide bonds. The van der Waals surface area contributed by atoms with Gasteiger partial charge in [-0.05, 0) is 18.2 Å². The van der Waals surface area contributed by atoms with Crippen molar-refractivity contribution in [1.82, 2.24) is 0 Å². The molecule has 0 aliphatic rings. The number of halogens is 1. The summed E-state index contributed by atoms with van der Waals surface area (Å²) in [6.45, 7) is 3.15. The number of nitrogens with one attached hydrogen (secondary N) is 1. The minimum atomic E-state index is -0.325. The Morgan fingerprint density at radius 2 is 2.16 bits per heavy atom. The van der Waals surface area contributed by atoms with Gasteiger partial charge in [0.1, 0.15) is 5.00 Å². The molecule has 1 N–H and O–H groups in total. The zero-order chi connectivity index (χ0) is 14.0. The van der Waals surface area contributed by atoms with Crippen molar-refractivity contribution < 1.29 is 14.3 Å². The molecule has 0 spiro atoms. The molecule has 0 aliphatic carbocycles. The van der Waals surface area contributed by atoms with Crippen LogP contribution in [-0.4, -0.2) is 11.9 Å². The normalized spacial score (nSPS) is 10.5. The molecule has 2 rings (SSSR count). The van der Waals surface area contributed by atoms with Gasteiger partial charge in [0.05, 0.1) is 0 Å². The molecule has 0 unspecified atom stereocenters. The second-order valence-corrected chi connectivity index (χ2v) is 5.88. The molecule has 2 aromatic rings. The highest BCUT2D eigenvalue weighted by molar-refractivity contribution is 9.10. The van der Waals surface area contributed by atoms with Crippen LogP contribution < -0.4 is 10.1 Å². The first-order chi connectivity index (χ1) is 9.01. The molecular weight excluding hydrogens is 330 g/mol. The van der Waals surface area contributed by atoms with E-state index in [1.165, 1.54) is 18.3 Å². The van der Waals surface area contributed by atoms with Crippen molar-refractivity contribution in [1.29, 1.82) is 0 Å². The van der Waals surface area contributed by atoms with Crippen molar-refractivity contribution in [2.45, 2.75) is 20.3 Å². The molecular formula is C13H12BrNO3S. The van der Waals surface area contributed by atoms with Crippen LogP contribution >= 0.6 is 27.3 Å². The number of carbonyl (C=O) groups is 2.